The first kappa shape index (κ1) is 12.2. The molecule has 15 heavy (non-hydrogen) atoms. The number of hydrogen-bond acceptors (Lipinski definition) is 3. The van der Waals surface area contributed by atoms with E-state index in [-0.39, 0.29) is 16.1 Å². The SMILES string of the molecule is CS(=O)(=O)c1ccccc1NC(=O)CBr. The standard InChI is InChI=1S/C9H10BrNO3S/c1-15(13,14)8-5-3-2-4-7(8)11-9(12)6-10/h2-5H,6H2,1H3,(H,11,12). The maximum Gasteiger partial charge on any atom is 0.235 e. The van der Waals surface area contributed by atoms with Crippen LogP contribution in [0.25, 0.3) is 0 Å². The summed E-state index contributed by atoms with van der Waals surface area (Å²) in [6.45, 7) is 0. The number of carbonyl (C=O) groups excluding carboxylic acids is 1. The Morgan fingerprint density at radius 1 is 1.40 bits per heavy atom. The summed E-state index contributed by atoms with van der Waals surface area (Å²) in [5.74, 6) is -0.286. The molecule has 0 saturated heterocycles. The zero-order valence-corrected chi connectivity index (χ0v) is 10.4. The van der Waals surface area contributed by atoms with Gasteiger partial charge in [-0.2, -0.15) is 0 Å². The van der Waals surface area contributed by atoms with Crippen molar-refractivity contribution in [3.8, 4) is 0 Å². The van der Waals surface area contributed by atoms with Crippen molar-refractivity contribution in [1.82, 2.24) is 0 Å². The predicted molar refractivity (Wildman–Crippen MR) is 62.0 cm³/mol. The van der Waals surface area contributed by atoms with Gasteiger partial charge in [0.25, 0.3) is 0 Å². The lowest BCUT2D eigenvalue weighted by Gasteiger charge is -2.07. The molecule has 0 aliphatic rings. The van der Waals surface area contributed by atoms with Gasteiger partial charge in [0.2, 0.25) is 5.91 Å². The van der Waals surface area contributed by atoms with Crippen LogP contribution in [0.3, 0.4) is 0 Å². The molecule has 0 aliphatic heterocycles. The molecule has 4 nitrogen and oxygen atoms in total. The van der Waals surface area contributed by atoms with Crippen LogP contribution in [-0.2, 0) is 14.6 Å². The smallest absolute Gasteiger partial charge is 0.235 e. The number of sulfone groups is 1. The van der Waals surface area contributed by atoms with Crippen LogP contribution in [0, 0.1) is 0 Å². The van der Waals surface area contributed by atoms with Crippen molar-refractivity contribution in [3.05, 3.63) is 24.3 Å². The van der Waals surface area contributed by atoms with Crippen LogP contribution >= 0.6 is 15.9 Å². The zero-order chi connectivity index (χ0) is 11.5. The molecule has 0 spiro atoms. The van der Waals surface area contributed by atoms with Crippen molar-refractivity contribution in [2.24, 2.45) is 0 Å². The number of alkyl halides is 1. The van der Waals surface area contributed by atoms with Gasteiger partial charge in [-0.25, -0.2) is 8.42 Å². The summed E-state index contributed by atoms with van der Waals surface area (Å²) in [6.07, 6.45) is 1.10. The molecule has 0 aliphatic carbocycles. The molecule has 6 heteroatoms. The molecule has 1 rings (SSSR count). The molecule has 0 saturated carbocycles. The van der Waals surface area contributed by atoms with Crippen molar-refractivity contribution in [1.29, 1.82) is 0 Å². The van der Waals surface area contributed by atoms with Gasteiger partial charge in [-0.3, -0.25) is 4.79 Å². The minimum Gasteiger partial charge on any atom is -0.324 e. The molecule has 0 radical (unpaired) electrons. The lowest BCUT2D eigenvalue weighted by atomic mass is 10.3. The number of nitrogens with one attached hydrogen (secondary N) is 1. The molecular weight excluding hydrogens is 282 g/mol. The van der Waals surface area contributed by atoms with Gasteiger partial charge in [0.1, 0.15) is 0 Å². The Labute approximate surface area is 96.7 Å². The summed E-state index contributed by atoms with van der Waals surface area (Å²) >= 11 is 2.99. The normalized spacial score (nSPS) is 11.1. The number of anilines is 1. The Morgan fingerprint density at radius 3 is 2.53 bits per heavy atom. The first-order chi connectivity index (χ1) is 6.95. The molecule has 0 aromatic heterocycles. The largest absolute Gasteiger partial charge is 0.324 e. The van der Waals surface area contributed by atoms with Crippen LogP contribution in [0.2, 0.25) is 0 Å². The monoisotopic (exact) mass is 291 g/mol. The van der Waals surface area contributed by atoms with Crippen LogP contribution in [-0.4, -0.2) is 25.9 Å². The second kappa shape index (κ2) is 4.76. The Bertz CT molecular complexity index is 470. The van der Waals surface area contributed by atoms with Crippen molar-refractivity contribution in [2.75, 3.05) is 16.9 Å². The van der Waals surface area contributed by atoms with E-state index in [0.29, 0.717) is 5.69 Å². The van der Waals surface area contributed by atoms with Gasteiger partial charge in [-0.1, -0.05) is 28.1 Å². The average molecular weight is 292 g/mol. The van der Waals surface area contributed by atoms with E-state index in [2.05, 4.69) is 21.2 Å². The third kappa shape index (κ3) is 3.32. The second-order valence-electron chi connectivity index (χ2n) is 2.95. The van der Waals surface area contributed by atoms with Gasteiger partial charge in [0, 0.05) is 6.26 Å². The van der Waals surface area contributed by atoms with Gasteiger partial charge in [-0.15, -0.1) is 0 Å². The lowest BCUT2D eigenvalue weighted by Crippen LogP contribution is -2.14. The summed E-state index contributed by atoms with van der Waals surface area (Å²) in [5.41, 5.74) is 0.310. The Hall–Kier alpha value is -0.880. The number of halogens is 1. The minimum absolute atomic E-state index is 0.124. The van der Waals surface area contributed by atoms with Crippen LogP contribution in [0.5, 0.6) is 0 Å². The highest BCUT2D eigenvalue weighted by atomic mass is 79.9. The van der Waals surface area contributed by atoms with E-state index >= 15 is 0 Å². The molecule has 0 fully saturated rings. The molecule has 1 aromatic carbocycles. The van der Waals surface area contributed by atoms with Gasteiger partial charge >= 0.3 is 0 Å². The minimum atomic E-state index is -3.32. The van der Waals surface area contributed by atoms with Crippen LogP contribution in [0.4, 0.5) is 5.69 Å². The Balaban J connectivity index is 3.13. The number of rotatable bonds is 3. The molecule has 0 bridgehead atoms. The highest BCUT2D eigenvalue weighted by Gasteiger charge is 2.13. The van der Waals surface area contributed by atoms with E-state index in [1.54, 1.807) is 18.2 Å². The van der Waals surface area contributed by atoms with Crippen LogP contribution in [0.15, 0.2) is 29.2 Å². The second-order valence-corrected chi connectivity index (χ2v) is 5.50. The highest BCUT2D eigenvalue weighted by Crippen LogP contribution is 2.20. The van der Waals surface area contributed by atoms with Crippen molar-refractivity contribution in [2.45, 2.75) is 4.90 Å². The van der Waals surface area contributed by atoms with E-state index in [0.717, 1.165) is 6.26 Å². The average Bonchev–Trinajstić information content (AvgIpc) is 2.17. The van der Waals surface area contributed by atoms with E-state index in [1.807, 2.05) is 0 Å². The molecule has 0 unspecified atom stereocenters. The highest BCUT2D eigenvalue weighted by molar-refractivity contribution is 9.09. The Kier molecular flexibility index (Phi) is 3.87. The quantitative estimate of drug-likeness (QED) is 0.857. The number of amides is 1. The van der Waals surface area contributed by atoms with E-state index in [4.69, 9.17) is 0 Å². The van der Waals surface area contributed by atoms with Gasteiger partial charge in [-0.05, 0) is 12.1 Å². The fourth-order valence-electron chi connectivity index (χ4n) is 1.08. The molecule has 0 heterocycles. The van der Waals surface area contributed by atoms with E-state index in [1.165, 1.54) is 6.07 Å². The third-order valence-corrected chi connectivity index (χ3v) is 3.35. The van der Waals surface area contributed by atoms with Gasteiger partial charge < -0.3 is 5.32 Å². The molecule has 82 valence electrons. The lowest BCUT2D eigenvalue weighted by molar-refractivity contribution is -0.113. The van der Waals surface area contributed by atoms with Crippen molar-refractivity contribution < 1.29 is 13.2 Å². The number of para-hydroxylation sites is 1. The summed E-state index contributed by atoms with van der Waals surface area (Å²) < 4.78 is 22.7. The number of hydrogen-bond donors (Lipinski definition) is 1. The van der Waals surface area contributed by atoms with Crippen molar-refractivity contribution in [3.63, 3.8) is 0 Å². The Morgan fingerprint density at radius 2 is 2.00 bits per heavy atom. The zero-order valence-electron chi connectivity index (χ0n) is 8.03. The fourth-order valence-corrected chi connectivity index (χ4v) is 2.06. The molecule has 1 amide bonds. The topological polar surface area (TPSA) is 63.2 Å². The van der Waals surface area contributed by atoms with E-state index < -0.39 is 9.84 Å². The third-order valence-electron chi connectivity index (χ3n) is 1.68. The summed E-state index contributed by atoms with van der Waals surface area (Å²) in [6, 6.07) is 6.29. The first-order valence-corrected chi connectivity index (χ1v) is 7.11. The molecule has 1 N–H and O–H groups in total. The van der Waals surface area contributed by atoms with Crippen molar-refractivity contribution >= 4 is 37.4 Å². The molecular formula is C9H10BrNO3S. The van der Waals surface area contributed by atoms with E-state index in [9.17, 15) is 13.2 Å². The van der Waals surface area contributed by atoms with Gasteiger partial charge in [0.15, 0.2) is 9.84 Å². The predicted octanol–water partition coefficient (Wildman–Crippen LogP) is 1.42. The van der Waals surface area contributed by atoms with Crippen LogP contribution in [0.1, 0.15) is 0 Å². The summed E-state index contributed by atoms with van der Waals surface area (Å²) in [4.78, 5) is 11.2. The maximum atomic E-state index is 11.4. The number of carbonyl (C=O) groups is 1. The molecule has 1 aromatic rings. The summed E-state index contributed by atoms with van der Waals surface area (Å²) in [5, 5.41) is 2.63. The molecule has 0 atom stereocenters. The number of benzene rings is 1. The maximum absolute atomic E-state index is 11.4. The summed E-state index contributed by atoms with van der Waals surface area (Å²) in [7, 11) is -3.32. The first-order valence-electron chi connectivity index (χ1n) is 4.10. The van der Waals surface area contributed by atoms with Gasteiger partial charge in [0.05, 0.1) is 15.9 Å². The fraction of sp³-hybridized carbons (Fsp3) is 0.222. The van der Waals surface area contributed by atoms with Crippen LogP contribution < -0.4 is 5.32 Å².